The minimum Gasteiger partial charge on any atom is -0.493 e. The molecule has 0 aliphatic heterocycles. The van der Waals surface area contributed by atoms with Gasteiger partial charge in [-0.3, -0.25) is 0 Å². The topological polar surface area (TPSA) is 45.0 Å². The highest BCUT2D eigenvalue weighted by Crippen LogP contribution is 2.23. The molecule has 3 heteroatoms. The number of hydrogen-bond acceptors (Lipinski definition) is 3. The van der Waals surface area contributed by atoms with Gasteiger partial charge in [0.25, 0.3) is 0 Å². The van der Waals surface area contributed by atoms with Gasteiger partial charge >= 0.3 is 0 Å². The van der Waals surface area contributed by atoms with Crippen LogP contribution in [-0.2, 0) is 0 Å². The van der Waals surface area contributed by atoms with Crippen molar-refractivity contribution < 1.29 is 4.74 Å². The van der Waals surface area contributed by atoms with Crippen molar-refractivity contribution in [3.05, 3.63) is 28.8 Å². The maximum Gasteiger partial charge on any atom is 0.122 e. The number of benzene rings is 1. The van der Waals surface area contributed by atoms with E-state index in [1.54, 1.807) is 7.05 Å². The van der Waals surface area contributed by atoms with Crippen molar-refractivity contribution in [2.24, 2.45) is 0 Å². The molecule has 0 spiro atoms. The van der Waals surface area contributed by atoms with Crippen LogP contribution in [0.1, 0.15) is 30.0 Å². The Morgan fingerprint density at radius 1 is 1.33 bits per heavy atom. The van der Waals surface area contributed by atoms with Crippen LogP contribution >= 0.6 is 0 Å². The van der Waals surface area contributed by atoms with E-state index in [4.69, 9.17) is 10.00 Å². The zero-order valence-corrected chi connectivity index (χ0v) is 11.9. The fourth-order valence-electron chi connectivity index (χ4n) is 1.75. The van der Waals surface area contributed by atoms with E-state index >= 15 is 0 Å². The molecule has 98 valence electrons. The van der Waals surface area contributed by atoms with Gasteiger partial charge in [0.05, 0.1) is 12.7 Å². The molecule has 18 heavy (non-hydrogen) atoms. The molecule has 1 N–H and O–H groups in total. The summed E-state index contributed by atoms with van der Waals surface area (Å²) in [5.74, 6) is 0.920. The molecule has 0 fully saturated rings. The van der Waals surface area contributed by atoms with Crippen LogP contribution in [0.15, 0.2) is 12.1 Å². The quantitative estimate of drug-likeness (QED) is 0.869. The fourth-order valence-corrected chi connectivity index (χ4v) is 1.75. The Morgan fingerprint density at radius 3 is 2.56 bits per heavy atom. The smallest absolute Gasteiger partial charge is 0.122 e. The molecule has 0 amide bonds. The summed E-state index contributed by atoms with van der Waals surface area (Å²) in [6, 6.07) is 6.46. The van der Waals surface area contributed by atoms with Gasteiger partial charge < -0.3 is 10.1 Å². The number of rotatable bonds is 5. The monoisotopic (exact) mass is 246 g/mol. The molecule has 0 aliphatic carbocycles. The molecule has 0 aromatic heterocycles. The van der Waals surface area contributed by atoms with E-state index in [0.717, 1.165) is 5.75 Å². The fraction of sp³-hybridized carbons (Fsp3) is 0.533. The Labute approximate surface area is 110 Å². The van der Waals surface area contributed by atoms with Crippen molar-refractivity contribution in [3.63, 3.8) is 0 Å². The van der Waals surface area contributed by atoms with E-state index in [2.05, 4.69) is 38.2 Å². The van der Waals surface area contributed by atoms with Crippen LogP contribution < -0.4 is 10.1 Å². The standard InChI is InChI=1S/C15H22N2O/c1-11-8-12(2)13(3)14(9-11)18-7-6-15(4,10-16)17-5/h8-9,17H,6-7H2,1-5H3. The van der Waals surface area contributed by atoms with Crippen LogP contribution in [0.3, 0.4) is 0 Å². The zero-order valence-electron chi connectivity index (χ0n) is 11.9. The van der Waals surface area contributed by atoms with E-state index in [1.165, 1.54) is 16.7 Å². The lowest BCUT2D eigenvalue weighted by molar-refractivity contribution is 0.271. The van der Waals surface area contributed by atoms with E-state index in [9.17, 15) is 0 Å². The molecule has 0 saturated carbocycles. The second-order valence-corrected chi connectivity index (χ2v) is 5.00. The van der Waals surface area contributed by atoms with Crippen LogP contribution in [0, 0.1) is 32.1 Å². The summed E-state index contributed by atoms with van der Waals surface area (Å²) in [6.07, 6.45) is 0.659. The highest BCUT2D eigenvalue weighted by molar-refractivity contribution is 5.41. The number of nitrogens with one attached hydrogen (secondary N) is 1. The maximum atomic E-state index is 9.06. The number of nitriles is 1. The summed E-state index contributed by atoms with van der Waals surface area (Å²) >= 11 is 0. The molecule has 1 aromatic carbocycles. The third kappa shape index (κ3) is 3.48. The Morgan fingerprint density at radius 2 is 2.00 bits per heavy atom. The van der Waals surface area contributed by atoms with E-state index in [0.29, 0.717) is 13.0 Å². The van der Waals surface area contributed by atoms with Crippen LogP contribution in [0.25, 0.3) is 0 Å². The molecule has 1 unspecified atom stereocenters. The zero-order chi connectivity index (χ0) is 13.8. The molecule has 1 atom stereocenters. The second kappa shape index (κ2) is 5.88. The third-order valence-corrected chi connectivity index (χ3v) is 3.42. The van der Waals surface area contributed by atoms with Crippen molar-refractivity contribution in [3.8, 4) is 11.8 Å². The van der Waals surface area contributed by atoms with Gasteiger partial charge in [-0.15, -0.1) is 0 Å². The van der Waals surface area contributed by atoms with E-state index < -0.39 is 5.54 Å². The average molecular weight is 246 g/mol. The second-order valence-electron chi connectivity index (χ2n) is 5.00. The first-order valence-corrected chi connectivity index (χ1v) is 6.22. The Balaban J connectivity index is 2.68. The molecule has 1 aromatic rings. The lowest BCUT2D eigenvalue weighted by atomic mass is 10.0. The van der Waals surface area contributed by atoms with Gasteiger partial charge in [0.15, 0.2) is 0 Å². The summed E-state index contributed by atoms with van der Waals surface area (Å²) in [5, 5.41) is 12.1. The lowest BCUT2D eigenvalue weighted by Crippen LogP contribution is -2.39. The van der Waals surface area contributed by atoms with Crippen LogP contribution in [0.4, 0.5) is 0 Å². The molecule has 0 heterocycles. The van der Waals surface area contributed by atoms with Gasteiger partial charge in [0.1, 0.15) is 11.3 Å². The molecule has 1 rings (SSSR count). The predicted molar refractivity (Wildman–Crippen MR) is 73.8 cm³/mol. The first-order chi connectivity index (χ1) is 8.41. The van der Waals surface area contributed by atoms with Gasteiger partial charge in [0, 0.05) is 6.42 Å². The number of ether oxygens (including phenoxy) is 1. The predicted octanol–water partition coefficient (Wildman–Crippen LogP) is 2.88. The SMILES string of the molecule is CNC(C)(C#N)CCOc1cc(C)cc(C)c1C. The van der Waals surface area contributed by atoms with Gasteiger partial charge in [-0.05, 0) is 57.5 Å². The van der Waals surface area contributed by atoms with Crippen molar-refractivity contribution >= 4 is 0 Å². The summed E-state index contributed by atoms with van der Waals surface area (Å²) < 4.78 is 5.81. The first-order valence-electron chi connectivity index (χ1n) is 6.22. The van der Waals surface area contributed by atoms with Gasteiger partial charge in [-0.2, -0.15) is 5.26 Å². The molecule has 3 nitrogen and oxygen atoms in total. The van der Waals surface area contributed by atoms with Gasteiger partial charge in [-0.25, -0.2) is 0 Å². The van der Waals surface area contributed by atoms with Crippen molar-refractivity contribution in [1.29, 1.82) is 5.26 Å². The van der Waals surface area contributed by atoms with Crippen LogP contribution in [0.2, 0.25) is 0 Å². The van der Waals surface area contributed by atoms with E-state index in [1.807, 2.05) is 13.0 Å². The minimum absolute atomic E-state index is 0.521. The Kier molecular flexibility index (Phi) is 4.75. The van der Waals surface area contributed by atoms with Crippen molar-refractivity contribution in [2.75, 3.05) is 13.7 Å². The molecule has 0 bridgehead atoms. The number of hydrogen-bond donors (Lipinski definition) is 1. The van der Waals surface area contributed by atoms with Crippen molar-refractivity contribution in [2.45, 2.75) is 39.7 Å². The highest BCUT2D eigenvalue weighted by atomic mass is 16.5. The third-order valence-electron chi connectivity index (χ3n) is 3.42. The molecular formula is C15H22N2O. The molecule has 0 saturated heterocycles. The molecule has 0 radical (unpaired) electrons. The highest BCUT2D eigenvalue weighted by Gasteiger charge is 2.20. The summed E-state index contributed by atoms with van der Waals surface area (Å²) in [7, 11) is 1.80. The van der Waals surface area contributed by atoms with Crippen LogP contribution in [0.5, 0.6) is 5.75 Å². The Hall–Kier alpha value is -1.53. The van der Waals surface area contributed by atoms with Crippen LogP contribution in [-0.4, -0.2) is 19.2 Å². The van der Waals surface area contributed by atoms with E-state index in [-0.39, 0.29) is 0 Å². The van der Waals surface area contributed by atoms with Crippen molar-refractivity contribution in [1.82, 2.24) is 5.32 Å². The van der Waals surface area contributed by atoms with Gasteiger partial charge in [0.2, 0.25) is 0 Å². The average Bonchev–Trinajstić information content (AvgIpc) is 2.34. The molecular weight excluding hydrogens is 224 g/mol. The maximum absolute atomic E-state index is 9.06. The number of nitrogens with zero attached hydrogens (tertiary/aromatic N) is 1. The normalized spacial score (nSPS) is 13.8. The lowest BCUT2D eigenvalue weighted by Gasteiger charge is -2.21. The minimum atomic E-state index is -0.521. The summed E-state index contributed by atoms with van der Waals surface area (Å²) in [6.45, 7) is 8.62. The molecule has 0 aliphatic rings. The Bertz CT molecular complexity index is 462. The summed E-state index contributed by atoms with van der Waals surface area (Å²) in [4.78, 5) is 0. The summed E-state index contributed by atoms with van der Waals surface area (Å²) in [5.41, 5.74) is 3.09. The largest absolute Gasteiger partial charge is 0.493 e. The first kappa shape index (κ1) is 14.5. The van der Waals surface area contributed by atoms with Gasteiger partial charge in [-0.1, -0.05) is 6.07 Å². The number of aryl methyl sites for hydroxylation is 2.